The molecule has 5 nitrogen and oxygen atoms in total. The Kier molecular flexibility index (Phi) is 3.81. The summed E-state index contributed by atoms with van der Waals surface area (Å²) in [5, 5.41) is 9.59. The highest BCUT2D eigenvalue weighted by molar-refractivity contribution is 5.99. The Hall–Kier alpha value is -2.51. The number of alkyl halides is 3. The number of carbonyl (C=O) groups excluding carboxylic acids is 1. The highest BCUT2D eigenvalue weighted by atomic mass is 19.4. The maximum absolute atomic E-state index is 12.9. The number of aliphatic carboxylic acids is 1. The van der Waals surface area contributed by atoms with Crippen molar-refractivity contribution < 1.29 is 27.9 Å². The Labute approximate surface area is 141 Å². The molecule has 134 valence electrons. The van der Waals surface area contributed by atoms with Crippen LogP contribution >= 0.6 is 0 Å². The summed E-state index contributed by atoms with van der Waals surface area (Å²) < 4.78 is 40.1. The first kappa shape index (κ1) is 17.3. The predicted molar refractivity (Wildman–Crippen MR) is 84.2 cm³/mol. The van der Waals surface area contributed by atoms with Gasteiger partial charge in [-0.05, 0) is 37.6 Å². The van der Waals surface area contributed by atoms with Gasteiger partial charge in [-0.25, -0.2) is 0 Å². The molecular weight excluding hydrogens is 337 g/mol. The number of benzene rings is 1. The molecule has 0 bridgehead atoms. The molecule has 1 atom stereocenters. The lowest BCUT2D eigenvalue weighted by Gasteiger charge is -2.20. The fourth-order valence-electron chi connectivity index (χ4n) is 3.20. The largest absolute Gasteiger partial charge is 0.481 e. The van der Waals surface area contributed by atoms with Crippen LogP contribution in [0.1, 0.15) is 29.4 Å². The summed E-state index contributed by atoms with van der Waals surface area (Å²) in [5.74, 6) is -1.34. The van der Waals surface area contributed by atoms with Crippen LogP contribution in [0.25, 0.3) is 10.9 Å². The monoisotopic (exact) mass is 354 g/mol. The van der Waals surface area contributed by atoms with Crippen molar-refractivity contribution >= 4 is 22.8 Å². The zero-order valence-corrected chi connectivity index (χ0v) is 13.7. The summed E-state index contributed by atoms with van der Waals surface area (Å²) >= 11 is 0. The zero-order chi connectivity index (χ0) is 18.6. The van der Waals surface area contributed by atoms with Gasteiger partial charge in [0.25, 0.3) is 5.91 Å². The van der Waals surface area contributed by atoms with E-state index in [1.807, 2.05) is 0 Å². The number of aromatic nitrogens is 1. The molecule has 8 heteroatoms. The average molecular weight is 354 g/mol. The maximum atomic E-state index is 12.9. The molecule has 1 amide bonds. The van der Waals surface area contributed by atoms with Crippen LogP contribution in [0.3, 0.4) is 0 Å². The second kappa shape index (κ2) is 5.50. The zero-order valence-electron chi connectivity index (χ0n) is 13.7. The van der Waals surface area contributed by atoms with E-state index in [0.29, 0.717) is 23.9 Å². The predicted octanol–water partition coefficient (Wildman–Crippen LogP) is 3.13. The minimum atomic E-state index is -4.45. The number of aryl methyl sites for hydroxylation is 1. The first-order valence-corrected chi connectivity index (χ1v) is 7.72. The number of fused-ring (bicyclic) bond motifs is 1. The fraction of sp³-hybridized carbons (Fsp3) is 0.412. The van der Waals surface area contributed by atoms with Crippen LogP contribution in [0.4, 0.5) is 13.2 Å². The molecular formula is C17H17F3N2O3. The Morgan fingerprint density at radius 2 is 1.92 bits per heavy atom. The smallest absolute Gasteiger partial charge is 0.416 e. The molecule has 25 heavy (non-hydrogen) atoms. The number of hydrogen-bond acceptors (Lipinski definition) is 2. The van der Waals surface area contributed by atoms with Gasteiger partial charge in [0.2, 0.25) is 0 Å². The molecule has 0 spiro atoms. The Morgan fingerprint density at radius 3 is 2.48 bits per heavy atom. The molecule has 0 aliphatic carbocycles. The number of carbonyl (C=O) groups is 2. The van der Waals surface area contributed by atoms with Crippen LogP contribution in [0.2, 0.25) is 0 Å². The molecule has 3 rings (SSSR count). The van der Waals surface area contributed by atoms with Crippen LogP contribution in [0, 0.1) is 5.41 Å². The summed E-state index contributed by atoms with van der Waals surface area (Å²) in [7, 11) is 1.61. The maximum Gasteiger partial charge on any atom is 0.416 e. The number of rotatable bonds is 2. The van der Waals surface area contributed by atoms with Gasteiger partial charge < -0.3 is 14.6 Å². The van der Waals surface area contributed by atoms with Crippen molar-refractivity contribution in [3.63, 3.8) is 0 Å². The number of carboxylic acid groups (broad SMARTS) is 1. The van der Waals surface area contributed by atoms with Crippen molar-refractivity contribution in [2.24, 2.45) is 12.5 Å². The third-order valence-corrected chi connectivity index (χ3v) is 4.87. The van der Waals surface area contributed by atoms with Gasteiger partial charge in [0.15, 0.2) is 0 Å². The Balaban J connectivity index is 1.95. The third kappa shape index (κ3) is 2.85. The van der Waals surface area contributed by atoms with Crippen molar-refractivity contribution in [2.75, 3.05) is 13.1 Å². The highest BCUT2D eigenvalue weighted by Crippen LogP contribution is 2.34. The van der Waals surface area contributed by atoms with Crippen molar-refractivity contribution in [1.29, 1.82) is 0 Å². The van der Waals surface area contributed by atoms with E-state index in [-0.39, 0.29) is 18.1 Å². The second-order valence-corrected chi connectivity index (χ2v) is 6.70. The van der Waals surface area contributed by atoms with Crippen molar-refractivity contribution in [2.45, 2.75) is 19.5 Å². The van der Waals surface area contributed by atoms with Gasteiger partial charge in [0.05, 0.1) is 11.0 Å². The third-order valence-electron chi connectivity index (χ3n) is 4.87. The van der Waals surface area contributed by atoms with E-state index in [9.17, 15) is 27.9 Å². The van der Waals surface area contributed by atoms with Crippen LogP contribution < -0.4 is 0 Å². The Bertz CT molecular complexity index is 872. The summed E-state index contributed by atoms with van der Waals surface area (Å²) in [6.45, 7) is 1.97. The Morgan fingerprint density at radius 1 is 1.24 bits per heavy atom. The number of nitrogens with zero attached hydrogens (tertiary/aromatic N) is 2. The minimum Gasteiger partial charge on any atom is -0.481 e. The van der Waals surface area contributed by atoms with Gasteiger partial charge in [0, 0.05) is 31.0 Å². The van der Waals surface area contributed by atoms with Gasteiger partial charge >= 0.3 is 12.1 Å². The summed E-state index contributed by atoms with van der Waals surface area (Å²) in [5.41, 5.74) is -1.02. The molecule has 1 fully saturated rings. The molecule has 0 radical (unpaired) electrons. The topological polar surface area (TPSA) is 62.5 Å². The fourth-order valence-corrected chi connectivity index (χ4v) is 3.20. The second-order valence-electron chi connectivity index (χ2n) is 6.70. The molecule has 0 unspecified atom stereocenters. The van der Waals surface area contributed by atoms with E-state index in [1.54, 1.807) is 14.0 Å². The molecule has 2 aromatic rings. The molecule has 0 saturated carbocycles. The van der Waals surface area contributed by atoms with E-state index >= 15 is 0 Å². The highest BCUT2D eigenvalue weighted by Gasteiger charge is 2.42. The number of halogens is 3. The van der Waals surface area contributed by atoms with Crippen LogP contribution in [-0.4, -0.2) is 39.5 Å². The minimum absolute atomic E-state index is 0.0799. The number of amides is 1. The number of likely N-dealkylation sites (tertiary alicyclic amines) is 1. The van der Waals surface area contributed by atoms with Gasteiger partial charge in [-0.3, -0.25) is 9.59 Å². The van der Waals surface area contributed by atoms with E-state index < -0.39 is 23.1 Å². The van der Waals surface area contributed by atoms with Crippen LogP contribution in [0.5, 0.6) is 0 Å². The summed E-state index contributed by atoms with van der Waals surface area (Å²) in [6.07, 6.45) is -4.11. The first-order valence-electron chi connectivity index (χ1n) is 7.72. The van der Waals surface area contributed by atoms with Gasteiger partial charge in [-0.2, -0.15) is 13.2 Å². The SMILES string of the molecule is Cn1c(C(=O)N2CC[C@@](C)(C(=O)O)C2)cc2cc(C(F)(F)F)ccc21. The molecule has 1 aromatic heterocycles. The van der Waals surface area contributed by atoms with E-state index in [1.165, 1.54) is 21.6 Å². The molecule has 1 aliphatic heterocycles. The number of carboxylic acids is 1. The standard InChI is InChI=1S/C17H17F3N2O3/c1-16(15(24)25)5-6-22(9-16)14(23)13-8-10-7-11(17(18,19)20)3-4-12(10)21(13)2/h3-4,7-8H,5-6,9H2,1-2H3,(H,24,25)/t16-/m1/s1. The average Bonchev–Trinajstić information content (AvgIpc) is 3.08. The lowest BCUT2D eigenvalue weighted by Crippen LogP contribution is -2.35. The quantitative estimate of drug-likeness (QED) is 0.901. The van der Waals surface area contributed by atoms with Gasteiger partial charge in [-0.15, -0.1) is 0 Å². The lowest BCUT2D eigenvalue weighted by molar-refractivity contribution is -0.147. The molecule has 1 N–H and O–H groups in total. The molecule has 2 heterocycles. The first-order chi connectivity index (χ1) is 11.5. The summed E-state index contributed by atoms with van der Waals surface area (Å²) in [4.78, 5) is 25.5. The van der Waals surface area contributed by atoms with Crippen molar-refractivity contribution in [3.05, 3.63) is 35.5 Å². The van der Waals surface area contributed by atoms with Crippen LogP contribution in [-0.2, 0) is 18.0 Å². The van der Waals surface area contributed by atoms with E-state index in [0.717, 1.165) is 12.1 Å². The lowest BCUT2D eigenvalue weighted by atomic mass is 9.90. The summed E-state index contributed by atoms with van der Waals surface area (Å²) in [6, 6.07) is 4.75. The molecule has 1 saturated heterocycles. The van der Waals surface area contributed by atoms with Crippen molar-refractivity contribution in [3.8, 4) is 0 Å². The number of hydrogen-bond donors (Lipinski definition) is 1. The van der Waals surface area contributed by atoms with Gasteiger partial charge in [-0.1, -0.05) is 0 Å². The van der Waals surface area contributed by atoms with E-state index in [4.69, 9.17) is 0 Å². The molecule has 1 aromatic carbocycles. The van der Waals surface area contributed by atoms with Gasteiger partial charge in [0.1, 0.15) is 5.69 Å². The van der Waals surface area contributed by atoms with Crippen LogP contribution in [0.15, 0.2) is 24.3 Å². The van der Waals surface area contributed by atoms with E-state index in [2.05, 4.69) is 0 Å². The molecule has 1 aliphatic rings. The van der Waals surface area contributed by atoms with Crippen molar-refractivity contribution in [1.82, 2.24) is 9.47 Å². The normalized spacial score (nSPS) is 21.1.